The van der Waals surface area contributed by atoms with Crippen molar-refractivity contribution in [3.05, 3.63) is 52.1 Å². The number of aromatic amines is 1. The van der Waals surface area contributed by atoms with Crippen molar-refractivity contribution in [1.82, 2.24) is 24.8 Å². The number of rotatable bonds is 4. The molecule has 11 heteroatoms. The van der Waals surface area contributed by atoms with Crippen LogP contribution >= 0.6 is 11.8 Å². The number of aromatic nitrogens is 5. The zero-order valence-electron chi connectivity index (χ0n) is 14.1. The molecule has 5 rings (SSSR count). The summed E-state index contributed by atoms with van der Waals surface area (Å²) < 4.78 is 17.5. The summed E-state index contributed by atoms with van der Waals surface area (Å²) in [4.78, 5) is 16.5. The monoisotopic (exact) mass is 394 g/mol. The number of nitrogens with zero attached hydrogens (tertiary/aromatic N) is 5. The van der Waals surface area contributed by atoms with Crippen molar-refractivity contribution in [2.45, 2.75) is 11.0 Å². The van der Waals surface area contributed by atoms with E-state index in [1.54, 1.807) is 18.2 Å². The maximum Gasteiger partial charge on any atom is 0.277 e. The second-order valence-electron chi connectivity index (χ2n) is 5.77. The molecule has 0 amide bonds. The van der Waals surface area contributed by atoms with Gasteiger partial charge in [-0.15, -0.1) is 10.2 Å². The van der Waals surface area contributed by atoms with Gasteiger partial charge >= 0.3 is 0 Å². The van der Waals surface area contributed by atoms with E-state index in [9.17, 15) is 4.79 Å². The number of thioether (sulfide) groups is 1. The van der Waals surface area contributed by atoms with Crippen molar-refractivity contribution in [2.24, 2.45) is 0 Å². The van der Waals surface area contributed by atoms with Gasteiger partial charge < -0.3 is 13.9 Å². The highest BCUT2D eigenvalue weighted by Gasteiger charge is 2.17. The number of nitrogens with one attached hydrogen (secondary N) is 1. The summed E-state index contributed by atoms with van der Waals surface area (Å²) in [5, 5.41) is 20.2. The summed E-state index contributed by atoms with van der Waals surface area (Å²) in [6.07, 6.45) is 1.44. The number of fused-ring (bicyclic) bond motifs is 2. The topological polar surface area (TPSA) is 131 Å². The van der Waals surface area contributed by atoms with E-state index in [0.717, 1.165) is 0 Å². The van der Waals surface area contributed by atoms with Crippen LogP contribution in [-0.2, 0) is 5.75 Å². The lowest BCUT2D eigenvalue weighted by molar-refractivity contribution is 0.174. The number of H-pyrrole nitrogens is 1. The maximum atomic E-state index is 12.1. The number of benzene rings is 1. The minimum atomic E-state index is -0.298. The summed E-state index contributed by atoms with van der Waals surface area (Å²) in [7, 11) is 0. The molecule has 1 aliphatic rings. The van der Waals surface area contributed by atoms with Crippen LogP contribution in [0.4, 0.5) is 0 Å². The van der Waals surface area contributed by atoms with E-state index in [1.165, 1.54) is 28.5 Å². The number of hydrogen-bond acceptors (Lipinski definition) is 9. The van der Waals surface area contributed by atoms with Gasteiger partial charge in [-0.1, -0.05) is 11.8 Å². The Morgan fingerprint density at radius 1 is 1.25 bits per heavy atom. The van der Waals surface area contributed by atoms with E-state index in [-0.39, 0.29) is 18.0 Å². The Morgan fingerprint density at radius 3 is 3.04 bits per heavy atom. The fraction of sp³-hybridized carbons (Fsp3) is 0.118. The fourth-order valence-electron chi connectivity index (χ4n) is 2.74. The Kier molecular flexibility index (Phi) is 3.77. The normalized spacial score (nSPS) is 12.4. The largest absolute Gasteiger partial charge is 0.454 e. The van der Waals surface area contributed by atoms with Crippen molar-refractivity contribution in [3.63, 3.8) is 0 Å². The molecular weight excluding hydrogens is 384 g/mol. The lowest BCUT2D eigenvalue weighted by atomic mass is 10.2. The highest BCUT2D eigenvalue weighted by Crippen LogP contribution is 2.36. The van der Waals surface area contributed by atoms with Gasteiger partial charge in [0.15, 0.2) is 17.1 Å². The third kappa shape index (κ3) is 2.76. The van der Waals surface area contributed by atoms with Gasteiger partial charge in [-0.05, 0) is 18.2 Å². The Bertz CT molecular complexity index is 1300. The predicted octanol–water partition coefficient (Wildman–Crippen LogP) is 1.97. The Balaban J connectivity index is 1.36. The van der Waals surface area contributed by atoms with Crippen molar-refractivity contribution in [2.75, 3.05) is 6.79 Å². The van der Waals surface area contributed by atoms with E-state index in [4.69, 9.17) is 19.2 Å². The van der Waals surface area contributed by atoms with Crippen LogP contribution in [0.25, 0.3) is 17.1 Å². The van der Waals surface area contributed by atoms with Gasteiger partial charge in [0.1, 0.15) is 11.6 Å². The van der Waals surface area contributed by atoms with Crippen LogP contribution in [-0.4, -0.2) is 31.6 Å². The molecule has 0 aliphatic carbocycles. The molecule has 4 aromatic rings. The van der Waals surface area contributed by atoms with E-state index in [0.29, 0.717) is 45.2 Å². The number of nitriles is 1. The average molecular weight is 394 g/mol. The van der Waals surface area contributed by atoms with Gasteiger partial charge in [0.05, 0.1) is 5.69 Å². The molecule has 10 nitrogen and oxygen atoms in total. The van der Waals surface area contributed by atoms with Gasteiger partial charge in [0.2, 0.25) is 12.7 Å². The average Bonchev–Trinajstić information content (AvgIpc) is 3.44. The van der Waals surface area contributed by atoms with Crippen LogP contribution in [0.2, 0.25) is 0 Å². The molecule has 0 saturated heterocycles. The minimum Gasteiger partial charge on any atom is -0.454 e. The van der Waals surface area contributed by atoms with Crippen molar-refractivity contribution in [1.29, 1.82) is 5.26 Å². The molecule has 0 radical (unpaired) electrons. The molecular formula is C17H10N6O4S. The smallest absolute Gasteiger partial charge is 0.277 e. The minimum absolute atomic E-state index is 0.190. The first kappa shape index (κ1) is 16.4. The Morgan fingerprint density at radius 2 is 2.14 bits per heavy atom. The lowest BCUT2D eigenvalue weighted by Gasteiger charge is -1.99. The van der Waals surface area contributed by atoms with Gasteiger partial charge in [0, 0.05) is 23.6 Å². The number of hydrogen-bond donors (Lipinski definition) is 1. The highest BCUT2D eigenvalue weighted by atomic mass is 32.2. The lowest BCUT2D eigenvalue weighted by Crippen LogP contribution is -2.15. The van der Waals surface area contributed by atoms with Crippen LogP contribution in [0, 0.1) is 11.3 Å². The summed E-state index contributed by atoms with van der Waals surface area (Å²) in [5.41, 5.74) is 1.51. The molecule has 3 aromatic heterocycles. The van der Waals surface area contributed by atoms with Crippen molar-refractivity contribution in [3.8, 4) is 29.0 Å². The summed E-state index contributed by atoms with van der Waals surface area (Å²) in [6, 6.07) is 8.76. The summed E-state index contributed by atoms with van der Waals surface area (Å²) >= 11 is 1.25. The molecule has 1 aromatic carbocycles. The van der Waals surface area contributed by atoms with E-state index >= 15 is 0 Å². The fourth-order valence-corrected chi connectivity index (χ4v) is 3.39. The van der Waals surface area contributed by atoms with Crippen molar-refractivity contribution < 1.29 is 13.9 Å². The van der Waals surface area contributed by atoms with Crippen LogP contribution < -0.4 is 15.0 Å². The first-order valence-corrected chi connectivity index (χ1v) is 9.06. The van der Waals surface area contributed by atoms with Crippen LogP contribution in [0.3, 0.4) is 0 Å². The van der Waals surface area contributed by atoms with Gasteiger partial charge in [-0.25, -0.2) is 9.50 Å². The zero-order valence-corrected chi connectivity index (χ0v) is 14.9. The van der Waals surface area contributed by atoms with Crippen LogP contribution in [0.5, 0.6) is 11.5 Å². The molecule has 4 heterocycles. The molecule has 28 heavy (non-hydrogen) atoms. The Hall–Kier alpha value is -3.78. The van der Waals surface area contributed by atoms with E-state index in [2.05, 4.69) is 20.3 Å². The third-order valence-corrected chi connectivity index (χ3v) is 4.89. The van der Waals surface area contributed by atoms with Crippen molar-refractivity contribution >= 4 is 17.4 Å². The predicted molar refractivity (Wildman–Crippen MR) is 95.9 cm³/mol. The van der Waals surface area contributed by atoms with E-state index < -0.39 is 0 Å². The molecule has 0 unspecified atom stereocenters. The molecule has 1 N–H and O–H groups in total. The first-order chi connectivity index (χ1) is 13.7. The van der Waals surface area contributed by atoms with Crippen LogP contribution in [0.1, 0.15) is 11.3 Å². The molecule has 1 aliphatic heterocycles. The standard InChI is InChI=1S/C17H10N6O4S/c18-5-10-6-19-23-14(24)4-11(20-15(10)23)7-28-17-22-21-16(27-17)9-1-2-12-13(3-9)26-8-25-12/h1-4,6,19H,7-8H2. The second kappa shape index (κ2) is 6.43. The summed E-state index contributed by atoms with van der Waals surface area (Å²) in [5.74, 6) is 1.99. The van der Waals surface area contributed by atoms with Gasteiger partial charge in [0.25, 0.3) is 10.8 Å². The van der Waals surface area contributed by atoms with Crippen LogP contribution in [0.15, 0.2) is 44.9 Å². The zero-order chi connectivity index (χ0) is 19.1. The summed E-state index contributed by atoms with van der Waals surface area (Å²) in [6.45, 7) is 0.190. The molecule has 138 valence electrons. The SMILES string of the molecule is N#Cc1c[nH]n2c(=O)cc(CSc3nnc(-c4ccc5c(c4)OCO5)o3)nc12. The molecule has 0 spiro atoms. The first-order valence-electron chi connectivity index (χ1n) is 8.08. The Labute approximate surface area is 160 Å². The van der Waals surface area contributed by atoms with E-state index in [1.807, 2.05) is 6.07 Å². The third-order valence-electron chi connectivity index (χ3n) is 4.04. The molecule has 0 atom stereocenters. The number of ether oxygens (including phenoxy) is 2. The second-order valence-corrected chi connectivity index (χ2v) is 6.70. The molecule has 0 bridgehead atoms. The molecule has 0 fully saturated rings. The highest BCUT2D eigenvalue weighted by molar-refractivity contribution is 7.98. The van der Waals surface area contributed by atoms with Gasteiger partial charge in [-0.2, -0.15) is 5.26 Å². The maximum absolute atomic E-state index is 12.1. The molecule has 0 saturated carbocycles. The van der Waals surface area contributed by atoms with Gasteiger partial charge in [-0.3, -0.25) is 9.89 Å². The quantitative estimate of drug-likeness (QED) is 0.516.